The number of benzene rings is 2. The molecule has 8 heteroatoms. The molecule has 2 N–H and O–H groups in total. The number of thiophene rings is 1. The lowest BCUT2D eigenvalue weighted by molar-refractivity contribution is -0.125. The molecule has 2 aliphatic heterocycles. The van der Waals surface area contributed by atoms with E-state index >= 15 is 0 Å². The van der Waals surface area contributed by atoms with Crippen LogP contribution in [0.5, 0.6) is 0 Å². The van der Waals surface area contributed by atoms with Gasteiger partial charge in [-0.3, -0.25) is 10.1 Å². The minimum Gasteiger partial charge on any atom is -0.378 e. The number of hydrogen-bond donors (Lipinski definition) is 2. The highest BCUT2D eigenvalue weighted by molar-refractivity contribution is 8.00. The first-order valence-electron chi connectivity index (χ1n) is 10.9. The fourth-order valence-electron chi connectivity index (χ4n) is 4.55. The number of thioether (sulfide) groups is 1. The predicted octanol–water partition coefficient (Wildman–Crippen LogP) is 4.52. The van der Waals surface area contributed by atoms with Gasteiger partial charge in [0.05, 0.1) is 23.8 Å². The summed E-state index contributed by atoms with van der Waals surface area (Å²) in [6.07, 6.45) is -0.772. The Kier molecular flexibility index (Phi) is 6.79. The normalized spacial score (nSPS) is 25.9. The molecule has 0 radical (unpaired) electrons. The summed E-state index contributed by atoms with van der Waals surface area (Å²) in [5.74, 6) is -0.00498. The highest BCUT2D eigenvalue weighted by Gasteiger charge is 2.47. The number of morpholine rings is 1. The zero-order valence-electron chi connectivity index (χ0n) is 17.9. The van der Waals surface area contributed by atoms with Crippen LogP contribution in [0.25, 0.3) is 0 Å². The van der Waals surface area contributed by atoms with Crippen molar-refractivity contribution in [1.82, 2.24) is 5.32 Å². The minimum atomic E-state index is -1.02. The van der Waals surface area contributed by atoms with Gasteiger partial charge >= 0.3 is 0 Å². The van der Waals surface area contributed by atoms with Crippen molar-refractivity contribution in [3.8, 4) is 0 Å². The van der Waals surface area contributed by atoms with Crippen LogP contribution in [-0.4, -0.2) is 48.7 Å². The van der Waals surface area contributed by atoms with Gasteiger partial charge in [0.25, 0.3) is 0 Å². The molecule has 5 rings (SSSR count). The zero-order valence-corrected chi connectivity index (χ0v) is 20.3. The standard InChI is InChI=1S/C25H25ClN2O3S2/c26-20-3-1-2-4-22(20)33-23-21(29)15-25(27-24(23)30,18-9-14-32-16-18)17-5-7-19(8-6-17)28-10-12-31-13-11-28/h1-9,14,16,23-24,27,30H,10-13,15H2. The Morgan fingerprint density at radius 3 is 2.52 bits per heavy atom. The van der Waals surface area contributed by atoms with Crippen molar-refractivity contribution in [2.24, 2.45) is 0 Å². The number of ether oxygens (including phenoxy) is 1. The lowest BCUT2D eigenvalue weighted by Gasteiger charge is -2.43. The van der Waals surface area contributed by atoms with Crippen LogP contribution < -0.4 is 10.2 Å². The third-order valence-corrected chi connectivity index (χ3v) is 8.79. The summed E-state index contributed by atoms with van der Waals surface area (Å²) in [5, 5.41) is 18.5. The van der Waals surface area contributed by atoms with E-state index in [1.54, 1.807) is 17.4 Å². The van der Waals surface area contributed by atoms with Crippen molar-refractivity contribution < 1.29 is 14.6 Å². The van der Waals surface area contributed by atoms with Gasteiger partial charge < -0.3 is 14.7 Å². The number of ketones is 1. The number of nitrogens with zero attached hydrogens (tertiary/aromatic N) is 1. The number of Topliss-reactive ketones (excluding diaryl/α,β-unsaturated/α-hetero) is 1. The van der Waals surface area contributed by atoms with Gasteiger partial charge in [-0.15, -0.1) is 11.8 Å². The number of carbonyl (C=O) groups is 1. The Labute approximate surface area is 206 Å². The van der Waals surface area contributed by atoms with E-state index in [9.17, 15) is 9.90 Å². The van der Waals surface area contributed by atoms with Gasteiger partial charge in [0.2, 0.25) is 0 Å². The monoisotopic (exact) mass is 500 g/mol. The summed E-state index contributed by atoms with van der Waals surface area (Å²) in [6, 6.07) is 17.7. The maximum atomic E-state index is 13.4. The molecule has 3 aromatic rings. The number of anilines is 1. The minimum absolute atomic E-state index is 0.00498. The molecule has 3 unspecified atom stereocenters. The van der Waals surface area contributed by atoms with Crippen molar-refractivity contribution in [3.05, 3.63) is 81.5 Å². The second-order valence-electron chi connectivity index (χ2n) is 8.26. The quantitative estimate of drug-likeness (QED) is 0.537. The highest BCUT2D eigenvalue weighted by atomic mass is 35.5. The molecular formula is C25H25ClN2O3S2. The third kappa shape index (κ3) is 4.58. The largest absolute Gasteiger partial charge is 0.378 e. The molecule has 2 aliphatic rings. The van der Waals surface area contributed by atoms with Crippen LogP contribution in [0, 0.1) is 0 Å². The summed E-state index contributed by atoms with van der Waals surface area (Å²) in [7, 11) is 0. The van der Waals surface area contributed by atoms with Crippen LogP contribution in [0.4, 0.5) is 5.69 Å². The fraction of sp³-hybridized carbons (Fsp3) is 0.320. The Balaban J connectivity index is 1.44. The summed E-state index contributed by atoms with van der Waals surface area (Å²) >= 11 is 9.20. The average Bonchev–Trinajstić information content (AvgIpc) is 3.39. The van der Waals surface area contributed by atoms with E-state index in [1.807, 2.05) is 35.0 Å². The average molecular weight is 501 g/mol. The number of aliphatic hydroxyl groups excluding tert-OH is 1. The second-order valence-corrected chi connectivity index (χ2v) is 10.6. The molecule has 33 heavy (non-hydrogen) atoms. The topological polar surface area (TPSA) is 61.8 Å². The van der Waals surface area contributed by atoms with Gasteiger partial charge in [0.15, 0.2) is 5.78 Å². The first-order chi connectivity index (χ1) is 16.1. The van der Waals surface area contributed by atoms with E-state index in [4.69, 9.17) is 16.3 Å². The molecule has 2 fully saturated rings. The van der Waals surface area contributed by atoms with E-state index in [0.717, 1.165) is 48.0 Å². The van der Waals surface area contributed by atoms with E-state index in [0.29, 0.717) is 5.02 Å². The van der Waals surface area contributed by atoms with Crippen molar-refractivity contribution in [2.75, 3.05) is 31.2 Å². The first-order valence-corrected chi connectivity index (χ1v) is 13.1. The van der Waals surface area contributed by atoms with Crippen LogP contribution in [0.2, 0.25) is 5.02 Å². The Morgan fingerprint density at radius 2 is 1.85 bits per heavy atom. The molecule has 3 atom stereocenters. The Bertz CT molecular complexity index is 1100. The number of nitrogens with one attached hydrogen (secondary N) is 1. The van der Waals surface area contributed by atoms with Gasteiger partial charge in [-0.25, -0.2) is 0 Å². The first kappa shape index (κ1) is 22.9. The van der Waals surface area contributed by atoms with E-state index in [-0.39, 0.29) is 12.2 Å². The maximum Gasteiger partial charge on any atom is 0.152 e. The maximum absolute atomic E-state index is 13.4. The van der Waals surface area contributed by atoms with E-state index in [1.165, 1.54) is 11.8 Å². The second kappa shape index (κ2) is 9.78. The van der Waals surface area contributed by atoms with E-state index < -0.39 is 17.0 Å². The molecule has 0 amide bonds. The molecule has 0 spiro atoms. The van der Waals surface area contributed by atoms with Gasteiger partial charge in [-0.2, -0.15) is 11.3 Å². The third-order valence-electron chi connectivity index (χ3n) is 6.28. The summed E-state index contributed by atoms with van der Waals surface area (Å²) in [6.45, 7) is 3.19. The molecule has 2 aromatic carbocycles. The van der Waals surface area contributed by atoms with Gasteiger partial charge in [-0.05, 0) is 52.2 Å². The SMILES string of the molecule is O=C1CC(c2ccc(N3CCOCC3)cc2)(c2ccsc2)NC(O)C1Sc1ccccc1Cl. The van der Waals surface area contributed by atoms with Gasteiger partial charge in [-0.1, -0.05) is 35.9 Å². The lowest BCUT2D eigenvalue weighted by Crippen LogP contribution is -2.60. The van der Waals surface area contributed by atoms with Gasteiger partial charge in [0, 0.05) is 30.1 Å². The summed E-state index contributed by atoms with van der Waals surface area (Å²) in [5.41, 5.74) is 2.31. The number of piperidine rings is 1. The number of halogens is 1. The van der Waals surface area contributed by atoms with Gasteiger partial charge in [0.1, 0.15) is 11.5 Å². The highest BCUT2D eigenvalue weighted by Crippen LogP contribution is 2.42. The smallest absolute Gasteiger partial charge is 0.152 e. The number of aliphatic hydroxyl groups is 1. The van der Waals surface area contributed by atoms with Crippen LogP contribution in [0.15, 0.2) is 70.3 Å². The summed E-state index contributed by atoms with van der Waals surface area (Å²) < 4.78 is 5.46. The van der Waals surface area contributed by atoms with Crippen molar-refractivity contribution in [2.45, 2.75) is 28.3 Å². The molecule has 172 valence electrons. The van der Waals surface area contributed by atoms with Crippen molar-refractivity contribution >= 4 is 46.2 Å². The molecule has 0 saturated carbocycles. The lowest BCUT2D eigenvalue weighted by atomic mass is 9.77. The Hall–Kier alpha value is -1.87. The molecule has 0 aliphatic carbocycles. The number of rotatable bonds is 5. The van der Waals surface area contributed by atoms with Crippen LogP contribution >= 0.6 is 34.7 Å². The number of hydrogen-bond acceptors (Lipinski definition) is 7. The van der Waals surface area contributed by atoms with Crippen molar-refractivity contribution in [3.63, 3.8) is 0 Å². The van der Waals surface area contributed by atoms with Crippen LogP contribution in [0.1, 0.15) is 17.5 Å². The van der Waals surface area contributed by atoms with Crippen molar-refractivity contribution in [1.29, 1.82) is 0 Å². The predicted molar refractivity (Wildman–Crippen MR) is 134 cm³/mol. The van der Waals surface area contributed by atoms with Crippen LogP contribution in [-0.2, 0) is 15.1 Å². The molecule has 2 saturated heterocycles. The Morgan fingerprint density at radius 1 is 1.09 bits per heavy atom. The summed E-state index contributed by atoms with van der Waals surface area (Å²) in [4.78, 5) is 16.5. The fourth-order valence-corrected chi connectivity index (χ4v) is 6.57. The zero-order chi connectivity index (χ0) is 22.8. The molecule has 3 heterocycles. The molecule has 5 nitrogen and oxygen atoms in total. The molecule has 1 aromatic heterocycles. The molecular weight excluding hydrogens is 476 g/mol. The van der Waals surface area contributed by atoms with E-state index in [2.05, 4.69) is 34.5 Å². The number of carbonyl (C=O) groups excluding carboxylic acids is 1. The van der Waals surface area contributed by atoms with Crippen LogP contribution in [0.3, 0.4) is 0 Å². The molecule has 0 bridgehead atoms.